The zero-order valence-corrected chi connectivity index (χ0v) is 23.8. The second-order valence-corrected chi connectivity index (χ2v) is 19.7. The highest BCUT2D eigenvalue weighted by molar-refractivity contribution is 6.99. The first-order valence-electron chi connectivity index (χ1n) is 11.9. The number of esters is 1. The Hall–Kier alpha value is -2.99. The number of hydrogen-bond acceptors (Lipinski definition) is 4. The van der Waals surface area contributed by atoms with Crippen molar-refractivity contribution in [2.45, 2.75) is 59.0 Å². The molecule has 2 aromatic carbocycles. The van der Waals surface area contributed by atoms with Gasteiger partial charge in [-0.3, -0.25) is 9.78 Å². The zero-order valence-electron chi connectivity index (χ0n) is 21.8. The molecule has 3 rings (SSSR count). The Bertz CT molecular complexity index is 1180. The number of carbonyl (C=O) groups is 1. The Kier molecular flexibility index (Phi) is 8.16. The van der Waals surface area contributed by atoms with E-state index in [1.807, 2.05) is 12.1 Å². The van der Waals surface area contributed by atoms with E-state index in [0.29, 0.717) is 17.0 Å². The van der Waals surface area contributed by atoms with Gasteiger partial charge in [0.05, 0.1) is 12.2 Å². The molecule has 6 heteroatoms. The lowest BCUT2D eigenvalue weighted by Crippen LogP contribution is -2.66. The molecule has 0 aliphatic heterocycles. The maximum absolute atomic E-state index is 12.0. The molecule has 4 nitrogen and oxygen atoms in total. The number of carbonyl (C=O) groups excluding carboxylic acids is 1. The van der Waals surface area contributed by atoms with Crippen molar-refractivity contribution in [1.82, 2.24) is 4.98 Å². The van der Waals surface area contributed by atoms with Crippen LogP contribution in [0.5, 0.6) is 5.75 Å². The fourth-order valence-electron chi connectivity index (χ4n) is 4.14. The van der Waals surface area contributed by atoms with Crippen LogP contribution in [-0.4, -0.2) is 27.3 Å². The van der Waals surface area contributed by atoms with Crippen LogP contribution in [0.4, 0.5) is 0 Å². The molecule has 0 aliphatic rings. The number of benzene rings is 2. The molecule has 182 valence electrons. The first-order chi connectivity index (χ1) is 16.4. The molecule has 35 heavy (non-hydrogen) atoms. The van der Waals surface area contributed by atoms with Gasteiger partial charge in [-0.25, -0.2) is 0 Å². The molecule has 3 aromatic rings. The van der Waals surface area contributed by atoms with Gasteiger partial charge in [-0.1, -0.05) is 107 Å². The van der Waals surface area contributed by atoms with Gasteiger partial charge in [0.1, 0.15) is 13.8 Å². The highest BCUT2D eigenvalue weighted by atomic mass is 28.4. The predicted octanol–water partition coefficient (Wildman–Crippen LogP) is 5.31. The zero-order chi connectivity index (χ0) is 25.7. The van der Waals surface area contributed by atoms with Crippen molar-refractivity contribution in [3.05, 3.63) is 84.2 Å². The lowest BCUT2D eigenvalue weighted by atomic mass is 10.2. The maximum Gasteiger partial charge on any atom is 0.308 e. The van der Waals surface area contributed by atoms with Crippen molar-refractivity contribution >= 4 is 32.7 Å². The van der Waals surface area contributed by atoms with E-state index in [-0.39, 0.29) is 11.6 Å². The van der Waals surface area contributed by atoms with Gasteiger partial charge >= 0.3 is 5.97 Å². The van der Waals surface area contributed by atoms with Crippen LogP contribution >= 0.6 is 0 Å². The van der Waals surface area contributed by atoms with Crippen molar-refractivity contribution in [3.63, 3.8) is 0 Å². The Morgan fingerprint density at radius 1 is 0.914 bits per heavy atom. The summed E-state index contributed by atoms with van der Waals surface area (Å²) in [6, 6.07) is 22.7. The van der Waals surface area contributed by atoms with Crippen molar-refractivity contribution in [2.75, 3.05) is 0 Å². The third-order valence-electron chi connectivity index (χ3n) is 5.64. The molecule has 0 bridgehead atoms. The molecule has 0 unspecified atom stereocenters. The summed E-state index contributed by atoms with van der Waals surface area (Å²) in [5.74, 6) is 3.23. The molecule has 0 radical (unpaired) electrons. The van der Waals surface area contributed by atoms with Gasteiger partial charge in [0.25, 0.3) is 8.32 Å². The number of ether oxygens (including phenoxy) is 1. The van der Waals surface area contributed by atoms with Gasteiger partial charge in [-0.05, 0) is 21.5 Å². The van der Waals surface area contributed by atoms with Gasteiger partial charge in [0.2, 0.25) is 0 Å². The molecule has 0 aliphatic carbocycles. The van der Waals surface area contributed by atoms with E-state index in [1.54, 1.807) is 12.3 Å². The molecule has 0 N–H and O–H groups in total. The summed E-state index contributed by atoms with van der Waals surface area (Å²) in [5.41, 5.74) is 4.61. The average Bonchev–Trinajstić information content (AvgIpc) is 2.79. The highest BCUT2D eigenvalue weighted by Gasteiger charge is 2.50. The monoisotopic (exact) mass is 501 g/mol. The fraction of sp³-hybridized carbons (Fsp3) is 0.310. The van der Waals surface area contributed by atoms with E-state index in [2.05, 4.69) is 105 Å². The van der Waals surface area contributed by atoms with E-state index < -0.39 is 22.4 Å². The minimum Gasteiger partial charge on any atom is -0.423 e. The molecule has 1 heterocycles. The van der Waals surface area contributed by atoms with Gasteiger partial charge in [-0.15, -0.1) is 5.54 Å². The number of aromatic nitrogens is 1. The van der Waals surface area contributed by atoms with Crippen LogP contribution in [0.15, 0.2) is 72.9 Å². The van der Waals surface area contributed by atoms with Crippen LogP contribution in [0.3, 0.4) is 0 Å². The standard InChI is InChI=1S/C29H35NO3Si2/c1-23(31)33-28-24(19-21-34(5,6)7)18-20-30-27(28)22-32-35(29(2,3)4,25-14-10-8-11-15-25)26-16-12-9-13-17-26/h8-18,20H,22H2,1-7H3. The summed E-state index contributed by atoms with van der Waals surface area (Å²) < 4.78 is 12.7. The summed E-state index contributed by atoms with van der Waals surface area (Å²) >= 11 is 0. The van der Waals surface area contributed by atoms with Gasteiger partial charge in [0.15, 0.2) is 5.75 Å². The van der Waals surface area contributed by atoms with Crippen LogP contribution in [0.2, 0.25) is 24.7 Å². The van der Waals surface area contributed by atoms with Crippen molar-refractivity contribution < 1.29 is 14.0 Å². The fourth-order valence-corrected chi connectivity index (χ4v) is 9.16. The molecule has 0 fully saturated rings. The average molecular weight is 502 g/mol. The summed E-state index contributed by atoms with van der Waals surface area (Å²) in [6.07, 6.45) is 1.71. The van der Waals surface area contributed by atoms with E-state index >= 15 is 0 Å². The first kappa shape index (κ1) is 26.6. The Morgan fingerprint density at radius 3 is 1.91 bits per heavy atom. The largest absolute Gasteiger partial charge is 0.423 e. The second-order valence-electron chi connectivity index (χ2n) is 10.7. The second kappa shape index (κ2) is 10.7. The molecule has 0 amide bonds. The van der Waals surface area contributed by atoms with Crippen LogP contribution in [0.25, 0.3) is 0 Å². The predicted molar refractivity (Wildman–Crippen MR) is 148 cm³/mol. The van der Waals surface area contributed by atoms with Crippen molar-refractivity contribution in [1.29, 1.82) is 0 Å². The lowest BCUT2D eigenvalue weighted by Gasteiger charge is -2.43. The molecule has 1 aromatic heterocycles. The first-order valence-corrected chi connectivity index (χ1v) is 17.3. The maximum atomic E-state index is 12.0. The smallest absolute Gasteiger partial charge is 0.308 e. The summed E-state index contributed by atoms with van der Waals surface area (Å²) in [6.45, 7) is 14.8. The minimum atomic E-state index is -2.77. The summed E-state index contributed by atoms with van der Waals surface area (Å²) in [7, 11) is -4.40. The number of hydrogen-bond donors (Lipinski definition) is 0. The summed E-state index contributed by atoms with van der Waals surface area (Å²) in [4.78, 5) is 16.6. The van der Waals surface area contributed by atoms with Gasteiger partial charge < -0.3 is 9.16 Å². The molecule has 0 saturated carbocycles. The van der Waals surface area contributed by atoms with Crippen LogP contribution in [0, 0.1) is 11.5 Å². The molecular formula is C29H35NO3Si2. The lowest BCUT2D eigenvalue weighted by molar-refractivity contribution is -0.132. The quantitative estimate of drug-likeness (QED) is 0.261. The highest BCUT2D eigenvalue weighted by Crippen LogP contribution is 2.38. The molecular weight excluding hydrogens is 466 g/mol. The molecule has 0 saturated heterocycles. The Balaban J connectivity index is 2.14. The van der Waals surface area contributed by atoms with Crippen LogP contribution in [-0.2, 0) is 15.8 Å². The van der Waals surface area contributed by atoms with Crippen LogP contribution < -0.4 is 15.1 Å². The van der Waals surface area contributed by atoms with Crippen molar-refractivity contribution in [3.8, 4) is 17.2 Å². The van der Waals surface area contributed by atoms with Crippen LogP contribution in [0.1, 0.15) is 39.0 Å². The SMILES string of the molecule is CC(=O)Oc1c(C#C[Si](C)(C)C)ccnc1CO[Si](c1ccccc1)(c1ccccc1)C(C)(C)C. The van der Waals surface area contributed by atoms with Crippen molar-refractivity contribution in [2.24, 2.45) is 0 Å². The van der Waals surface area contributed by atoms with Gasteiger partial charge in [-0.2, -0.15) is 0 Å². The van der Waals surface area contributed by atoms with E-state index in [4.69, 9.17) is 9.16 Å². The number of nitrogens with zero attached hydrogens (tertiary/aromatic N) is 1. The van der Waals surface area contributed by atoms with E-state index in [1.165, 1.54) is 17.3 Å². The Morgan fingerprint density at radius 2 is 1.46 bits per heavy atom. The molecule has 0 atom stereocenters. The topological polar surface area (TPSA) is 48.4 Å². The number of pyridine rings is 1. The Labute approximate surface area is 211 Å². The third kappa shape index (κ3) is 6.37. The van der Waals surface area contributed by atoms with E-state index in [0.717, 1.165) is 0 Å². The molecule has 0 spiro atoms. The van der Waals surface area contributed by atoms with Gasteiger partial charge in [0, 0.05) is 13.1 Å². The minimum absolute atomic E-state index is 0.174. The number of rotatable bonds is 6. The van der Waals surface area contributed by atoms with E-state index in [9.17, 15) is 4.79 Å². The normalized spacial score (nSPS) is 12.0. The third-order valence-corrected chi connectivity index (χ3v) is 11.5. The summed E-state index contributed by atoms with van der Waals surface area (Å²) in [5, 5.41) is 2.19.